The first-order chi connectivity index (χ1) is 25.3. The van der Waals surface area contributed by atoms with Gasteiger partial charge in [-0.3, -0.25) is 0 Å². The number of nitrogens with zero attached hydrogens (tertiary/aromatic N) is 2. The molecule has 2 nitrogen and oxygen atoms in total. The zero-order chi connectivity index (χ0) is 34.0. The number of hydrogen-bond donors (Lipinski definition) is 0. The zero-order valence-electron chi connectivity index (χ0n) is 28.2. The first-order valence-corrected chi connectivity index (χ1v) is 17.5. The first kappa shape index (κ1) is 30.4. The number of para-hydroxylation sites is 4. The van der Waals surface area contributed by atoms with Crippen LogP contribution < -0.4 is 9.80 Å². The standard InChI is InChI=1S/C49H36N2/c1-6-20-37(21-7-1)49(47-32-18-16-30-45(47)46-31-17-19-33-48(46)49)38-34-43(50(39-22-8-2-9-23-39)40-24-10-3-11-25-40)36-44(35-38)51(41-26-12-4-13-27-41)42-28-14-5-15-29-42/h1-36H. The van der Waals surface area contributed by atoms with Gasteiger partial charge in [-0.1, -0.05) is 152 Å². The zero-order valence-corrected chi connectivity index (χ0v) is 28.2. The number of rotatable bonds is 8. The molecule has 51 heavy (non-hydrogen) atoms. The Morgan fingerprint density at radius 3 is 0.941 bits per heavy atom. The van der Waals surface area contributed by atoms with Crippen LogP contribution in [0.1, 0.15) is 22.3 Å². The summed E-state index contributed by atoms with van der Waals surface area (Å²) in [5.74, 6) is 0. The maximum absolute atomic E-state index is 2.42. The topological polar surface area (TPSA) is 6.48 Å². The molecule has 0 spiro atoms. The molecule has 0 saturated heterocycles. The number of fused-ring (bicyclic) bond motifs is 3. The highest BCUT2D eigenvalue weighted by molar-refractivity contribution is 5.89. The van der Waals surface area contributed by atoms with Crippen molar-refractivity contribution in [2.45, 2.75) is 5.41 Å². The summed E-state index contributed by atoms with van der Waals surface area (Å²) < 4.78 is 0. The SMILES string of the molecule is c1ccc(N(c2ccccc2)c2cc(N(c3ccccc3)c3ccccc3)cc(C3(c4ccccc4)c4ccccc4-c4ccccc43)c2)cc1. The molecule has 0 unspecified atom stereocenters. The minimum atomic E-state index is -0.572. The third-order valence-electron chi connectivity index (χ3n) is 10.1. The molecule has 0 atom stereocenters. The average Bonchev–Trinajstić information content (AvgIpc) is 3.51. The van der Waals surface area contributed by atoms with E-state index in [-0.39, 0.29) is 0 Å². The molecule has 1 aliphatic carbocycles. The maximum Gasteiger partial charge on any atom is 0.0715 e. The highest BCUT2D eigenvalue weighted by Crippen LogP contribution is 2.57. The molecule has 0 N–H and O–H groups in total. The number of benzene rings is 8. The van der Waals surface area contributed by atoms with E-state index in [9.17, 15) is 0 Å². The van der Waals surface area contributed by atoms with Crippen LogP contribution >= 0.6 is 0 Å². The van der Waals surface area contributed by atoms with Crippen LogP contribution in [0.2, 0.25) is 0 Å². The summed E-state index contributed by atoms with van der Waals surface area (Å²) in [5, 5.41) is 0. The van der Waals surface area contributed by atoms with Crippen LogP contribution in [0.25, 0.3) is 11.1 Å². The molecule has 0 aromatic heterocycles. The van der Waals surface area contributed by atoms with Crippen molar-refractivity contribution in [1.82, 2.24) is 0 Å². The van der Waals surface area contributed by atoms with Gasteiger partial charge in [0, 0.05) is 34.1 Å². The van der Waals surface area contributed by atoms with Crippen molar-refractivity contribution in [2.75, 3.05) is 9.80 Å². The number of hydrogen-bond acceptors (Lipinski definition) is 2. The van der Waals surface area contributed by atoms with Gasteiger partial charge in [0.15, 0.2) is 0 Å². The Kier molecular flexibility index (Phi) is 7.75. The lowest BCUT2D eigenvalue weighted by Gasteiger charge is -2.37. The molecule has 8 aromatic carbocycles. The normalized spacial score (nSPS) is 12.5. The molecule has 0 saturated carbocycles. The van der Waals surface area contributed by atoms with Crippen molar-refractivity contribution in [1.29, 1.82) is 0 Å². The number of anilines is 6. The van der Waals surface area contributed by atoms with E-state index in [1.807, 2.05) is 0 Å². The summed E-state index contributed by atoms with van der Waals surface area (Å²) in [7, 11) is 0. The lowest BCUT2D eigenvalue weighted by atomic mass is 9.67. The molecule has 9 rings (SSSR count). The Morgan fingerprint density at radius 1 is 0.255 bits per heavy atom. The maximum atomic E-state index is 2.42. The highest BCUT2D eigenvalue weighted by atomic mass is 15.2. The second-order valence-electron chi connectivity index (χ2n) is 13.0. The fourth-order valence-electron chi connectivity index (χ4n) is 7.98. The largest absolute Gasteiger partial charge is 0.310 e. The summed E-state index contributed by atoms with van der Waals surface area (Å²) in [6.07, 6.45) is 0. The van der Waals surface area contributed by atoms with Gasteiger partial charge in [-0.2, -0.15) is 0 Å². The third-order valence-corrected chi connectivity index (χ3v) is 10.1. The van der Waals surface area contributed by atoms with E-state index in [4.69, 9.17) is 0 Å². The van der Waals surface area contributed by atoms with Crippen molar-refractivity contribution in [3.63, 3.8) is 0 Å². The van der Waals surface area contributed by atoms with E-state index < -0.39 is 5.41 Å². The molecule has 8 aromatic rings. The van der Waals surface area contributed by atoms with E-state index in [2.05, 4.69) is 228 Å². The van der Waals surface area contributed by atoms with Crippen molar-refractivity contribution in [3.8, 4) is 11.1 Å². The van der Waals surface area contributed by atoms with E-state index in [0.717, 1.165) is 34.1 Å². The summed E-state index contributed by atoms with van der Waals surface area (Å²) in [4.78, 5) is 4.76. The molecule has 0 heterocycles. The average molecular weight is 653 g/mol. The van der Waals surface area contributed by atoms with Gasteiger partial charge < -0.3 is 9.80 Å². The molecule has 242 valence electrons. The quantitative estimate of drug-likeness (QED) is 0.161. The second kappa shape index (κ2) is 13.0. The molecule has 0 amide bonds. The predicted molar refractivity (Wildman–Crippen MR) is 213 cm³/mol. The fourth-order valence-corrected chi connectivity index (χ4v) is 7.98. The molecule has 0 bridgehead atoms. The monoisotopic (exact) mass is 652 g/mol. The lowest BCUT2D eigenvalue weighted by Crippen LogP contribution is -2.29. The minimum absolute atomic E-state index is 0.572. The van der Waals surface area contributed by atoms with E-state index >= 15 is 0 Å². The van der Waals surface area contributed by atoms with Crippen LogP contribution in [0.5, 0.6) is 0 Å². The summed E-state index contributed by atoms with van der Waals surface area (Å²) in [6.45, 7) is 0. The first-order valence-electron chi connectivity index (χ1n) is 17.5. The Bertz CT molecular complexity index is 2180. The molecule has 0 radical (unpaired) electrons. The van der Waals surface area contributed by atoms with Gasteiger partial charge in [-0.25, -0.2) is 0 Å². The Hall–Kier alpha value is -6.64. The highest BCUT2D eigenvalue weighted by Gasteiger charge is 2.46. The Labute approximate surface area is 300 Å². The van der Waals surface area contributed by atoms with Crippen LogP contribution in [0.3, 0.4) is 0 Å². The van der Waals surface area contributed by atoms with E-state index in [1.165, 1.54) is 33.4 Å². The van der Waals surface area contributed by atoms with Crippen LogP contribution in [-0.4, -0.2) is 0 Å². The summed E-state index contributed by atoms with van der Waals surface area (Å²) in [5.41, 5.74) is 13.5. The van der Waals surface area contributed by atoms with Crippen molar-refractivity contribution >= 4 is 34.1 Å². The molecule has 0 aliphatic heterocycles. The van der Waals surface area contributed by atoms with Gasteiger partial charge in [0.05, 0.1) is 5.41 Å². The van der Waals surface area contributed by atoms with Crippen molar-refractivity contribution in [2.24, 2.45) is 0 Å². The Morgan fingerprint density at radius 2 is 0.569 bits per heavy atom. The molecular weight excluding hydrogens is 617 g/mol. The lowest BCUT2D eigenvalue weighted by molar-refractivity contribution is 0.768. The van der Waals surface area contributed by atoms with Gasteiger partial charge in [0.1, 0.15) is 0 Å². The van der Waals surface area contributed by atoms with Crippen LogP contribution in [0.15, 0.2) is 218 Å². The van der Waals surface area contributed by atoms with Gasteiger partial charge in [-0.15, -0.1) is 0 Å². The van der Waals surface area contributed by atoms with Crippen LogP contribution in [0, 0.1) is 0 Å². The van der Waals surface area contributed by atoms with Gasteiger partial charge in [-0.05, 0) is 100 Å². The van der Waals surface area contributed by atoms with Gasteiger partial charge >= 0.3 is 0 Å². The van der Waals surface area contributed by atoms with Crippen molar-refractivity contribution < 1.29 is 0 Å². The van der Waals surface area contributed by atoms with Crippen LogP contribution in [-0.2, 0) is 5.41 Å². The van der Waals surface area contributed by atoms with Gasteiger partial charge in [0.2, 0.25) is 0 Å². The molecule has 2 heteroatoms. The summed E-state index contributed by atoms with van der Waals surface area (Å²) >= 11 is 0. The fraction of sp³-hybridized carbons (Fsp3) is 0.0204. The van der Waals surface area contributed by atoms with Gasteiger partial charge in [0.25, 0.3) is 0 Å². The van der Waals surface area contributed by atoms with Crippen LogP contribution in [0.4, 0.5) is 34.1 Å². The van der Waals surface area contributed by atoms with E-state index in [1.54, 1.807) is 0 Å². The van der Waals surface area contributed by atoms with E-state index in [0.29, 0.717) is 0 Å². The molecule has 1 aliphatic rings. The third kappa shape index (κ3) is 5.21. The smallest absolute Gasteiger partial charge is 0.0715 e. The second-order valence-corrected chi connectivity index (χ2v) is 13.0. The summed E-state index contributed by atoms with van der Waals surface area (Å²) in [6, 6.07) is 79.0. The predicted octanol–water partition coefficient (Wildman–Crippen LogP) is 13.0. The van der Waals surface area contributed by atoms with Crippen molar-refractivity contribution in [3.05, 3.63) is 241 Å². The molecular formula is C49H36N2. The minimum Gasteiger partial charge on any atom is -0.310 e. The molecule has 0 fully saturated rings. The Balaban J connectivity index is 1.42.